The van der Waals surface area contributed by atoms with E-state index in [0.717, 1.165) is 32.1 Å². The molecule has 1 fully saturated rings. The first-order valence-corrected chi connectivity index (χ1v) is 7.48. The third-order valence-electron chi connectivity index (χ3n) is 4.14. The molecular weight excluding hydrogens is 226 g/mol. The third-order valence-corrected chi connectivity index (χ3v) is 4.14. The van der Waals surface area contributed by atoms with Crippen LogP contribution in [0.5, 0.6) is 0 Å². The van der Waals surface area contributed by atoms with E-state index in [1.54, 1.807) is 0 Å². The van der Waals surface area contributed by atoms with Gasteiger partial charge in [-0.1, -0.05) is 40.0 Å². The van der Waals surface area contributed by atoms with E-state index in [1.807, 2.05) is 0 Å². The fraction of sp³-hybridized carbons (Fsp3) is 0.933. The Bertz CT molecular complexity index is 259. The maximum Gasteiger partial charge on any atom is 0.223 e. The minimum Gasteiger partial charge on any atom is -0.388 e. The van der Waals surface area contributed by atoms with Gasteiger partial charge in [-0.2, -0.15) is 0 Å². The lowest BCUT2D eigenvalue weighted by atomic mass is 9.80. The molecule has 0 aromatic heterocycles. The Morgan fingerprint density at radius 1 is 1.33 bits per heavy atom. The van der Waals surface area contributed by atoms with Crippen molar-refractivity contribution in [3.63, 3.8) is 0 Å². The lowest BCUT2D eigenvalue weighted by molar-refractivity contribution is -0.129. The summed E-state index contributed by atoms with van der Waals surface area (Å²) in [7, 11) is 0. The van der Waals surface area contributed by atoms with Gasteiger partial charge in [-0.25, -0.2) is 0 Å². The molecule has 1 amide bonds. The number of hydrogen-bond donors (Lipinski definition) is 2. The Morgan fingerprint density at radius 3 is 2.44 bits per heavy atom. The number of carbonyl (C=O) groups is 1. The molecule has 0 heterocycles. The Hall–Kier alpha value is -0.570. The summed E-state index contributed by atoms with van der Waals surface area (Å²) in [6.45, 7) is 6.82. The van der Waals surface area contributed by atoms with Crippen LogP contribution in [0.4, 0.5) is 0 Å². The number of hydrogen-bond acceptors (Lipinski definition) is 2. The molecule has 0 saturated heterocycles. The number of carbonyl (C=O) groups excluding carboxylic acids is 1. The molecule has 18 heavy (non-hydrogen) atoms. The van der Waals surface area contributed by atoms with Gasteiger partial charge in [-0.05, 0) is 31.6 Å². The standard InChI is InChI=1S/C15H29NO2/c1-4-5-6-8-13(12(2)3)14(17)16-11-15(18)9-7-10-15/h12-13,18H,4-11H2,1-3H3,(H,16,17). The first kappa shape index (κ1) is 15.5. The Balaban J connectivity index is 2.34. The molecule has 1 atom stereocenters. The third kappa shape index (κ3) is 4.60. The fourth-order valence-corrected chi connectivity index (χ4v) is 2.53. The van der Waals surface area contributed by atoms with E-state index in [2.05, 4.69) is 26.1 Å². The molecule has 0 aromatic rings. The van der Waals surface area contributed by atoms with E-state index in [0.29, 0.717) is 12.5 Å². The highest BCUT2D eigenvalue weighted by molar-refractivity contribution is 5.78. The number of rotatable bonds is 8. The van der Waals surface area contributed by atoms with Crippen LogP contribution in [0, 0.1) is 11.8 Å². The van der Waals surface area contributed by atoms with Gasteiger partial charge in [-0.3, -0.25) is 4.79 Å². The molecule has 0 spiro atoms. The van der Waals surface area contributed by atoms with Crippen LogP contribution in [0.15, 0.2) is 0 Å². The van der Waals surface area contributed by atoms with Crippen molar-refractivity contribution in [2.75, 3.05) is 6.54 Å². The highest BCUT2D eigenvalue weighted by Gasteiger charge is 2.35. The van der Waals surface area contributed by atoms with Gasteiger partial charge >= 0.3 is 0 Å². The summed E-state index contributed by atoms with van der Waals surface area (Å²) in [5.41, 5.74) is -0.611. The van der Waals surface area contributed by atoms with Crippen molar-refractivity contribution >= 4 is 5.91 Å². The van der Waals surface area contributed by atoms with Gasteiger partial charge < -0.3 is 10.4 Å². The van der Waals surface area contributed by atoms with Crippen LogP contribution in [-0.2, 0) is 4.79 Å². The first-order valence-electron chi connectivity index (χ1n) is 7.48. The zero-order valence-corrected chi connectivity index (χ0v) is 12.2. The Kier molecular flexibility index (Phi) is 6.13. The molecule has 1 unspecified atom stereocenters. The van der Waals surface area contributed by atoms with E-state index in [-0.39, 0.29) is 11.8 Å². The second-order valence-corrected chi connectivity index (χ2v) is 6.14. The number of aliphatic hydroxyl groups is 1. The van der Waals surface area contributed by atoms with E-state index >= 15 is 0 Å². The zero-order chi connectivity index (χ0) is 13.6. The van der Waals surface area contributed by atoms with Crippen molar-refractivity contribution in [3.8, 4) is 0 Å². The summed E-state index contributed by atoms with van der Waals surface area (Å²) >= 11 is 0. The van der Waals surface area contributed by atoms with Gasteiger partial charge in [0, 0.05) is 12.5 Å². The van der Waals surface area contributed by atoms with Crippen LogP contribution in [0.25, 0.3) is 0 Å². The van der Waals surface area contributed by atoms with Gasteiger partial charge in [0.2, 0.25) is 5.91 Å². The van der Waals surface area contributed by atoms with Crippen LogP contribution in [-0.4, -0.2) is 23.2 Å². The van der Waals surface area contributed by atoms with Crippen molar-refractivity contribution in [3.05, 3.63) is 0 Å². The van der Waals surface area contributed by atoms with Crippen LogP contribution < -0.4 is 5.32 Å². The molecule has 106 valence electrons. The molecular formula is C15H29NO2. The lowest BCUT2D eigenvalue weighted by Crippen LogP contribution is -2.49. The largest absolute Gasteiger partial charge is 0.388 e. The molecule has 2 N–H and O–H groups in total. The molecule has 3 heteroatoms. The second kappa shape index (κ2) is 7.13. The molecule has 0 aromatic carbocycles. The summed E-state index contributed by atoms with van der Waals surface area (Å²) in [6.07, 6.45) is 7.21. The Labute approximate surface area is 111 Å². The molecule has 1 saturated carbocycles. The molecule has 0 aliphatic heterocycles. The number of amides is 1. The van der Waals surface area contributed by atoms with Crippen LogP contribution in [0.2, 0.25) is 0 Å². The quantitative estimate of drug-likeness (QED) is 0.655. The highest BCUT2D eigenvalue weighted by atomic mass is 16.3. The van der Waals surface area contributed by atoms with Crippen molar-refractivity contribution in [2.24, 2.45) is 11.8 Å². The van der Waals surface area contributed by atoms with E-state index in [1.165, 1.54) is 12.8 Å². The van der Waals surface area contributed by atoms with Crippen molar-refractivity contribution in [1.82, 2.24) is 5.32 Å². The fourth-order valence-electron chi connectivity index (χ4n) is 2.53. The van der Waals surface area contributed by atoms with Crippen molar-refractivity contribution < 1.29 is 9.90 Å². The summed E-state index contributed by atoms with van der Waals surface area (Å²) < 4.78 is 0. The molecule has 1 aliphatic carbocycles. The number of unbranched alkanes of at least 4 members (excludes halogenated alkanes) is 2. The highest BCUT2D eigenvalue weighted by Crippen LogP contribution is 2.30. The maximum atomic E-state index is 12.1. The minimum absolute atomic E-state index is 0.0974. The van der Waals surface area contributed by atoms with Crippen LogP contribution >= 0.6 is 0 Å². The van der Waals surface area contributed by atoms with Gasteiger partial charge in [0.25, 0.3) is 0 Å². The second-order valence-electron chi connectivity index (χ2n) is 6.14. The average molecular weight is 255 g/mol. The molecule has 1 rings (SSSR count). The monoisotopic (exact) mass is 255 g/mol. The van der Waals surface area contributed by atoms with Crippen molar-refractivity contribution in [2.45, 2.75) is 71.3 Å². The SMILES string of the molecule is CCCCCC(C(=O)NCC1(O)CCC1)C(C)C. The topological polar surface area (TPSA) is 49.3 Å². The predicted molar refractivity (Wildman–Crippen MR) is 74.3 cm³/mol. The lowest BCUT2D eigenvalue weighted by Gasteiger charge is -2.37. The molecule has 0 radical (unpaired) electrons. The Morgan fingerprint density at radius 2 is 2.00 bits per heavy atom. The molecule has 0 bridgehead atoms. The molecule has 3 nitrogen and oxygen atoms in total. The normalized spacial score (nSPS) is 19.4. The van der Waals surface area contributed by atoms with E-state index in [4.69, 9.17) is 0 Å². The average Bonchev–Trinajstić information content (AvgIpc) is 2.29. The molecule has 1 aliphatic rings. The van der Waals surface area contributed by atoms with Gasteiger partial charge in [0.05, 0.1) is 5.60 Å². The first-order chi connectivity index (χ1) is 8.48. The minimum atomic E-state index is -0.611. The van der Waals surface area contributed by atoms with Gasteiger partial charge in [-0.15, -0.1) is 0 Å². The zero-order valence-electron chi connectivity index (χ0n) is 12.2. The van der Waals surface area contributed by atoms with Crippen LogP contribution in [0.3, 0.4) is 0 Å². The van der Waals surface area contributed by atoms with Crippen molar-refractivity contribution in [1.29, 1.82) is 0 Å². The summed E-state index contributed by atoms with van der Waals surface area (Å²) in [6, 6.07) is 0. The maximum absolute atomic E-state index is 12.1. The number of nitrogens with one attached hydrogen (secondary N) is 1. The van der Waals surface area contributed by atoms with E-state index < -0.39 is 5.60 Å². The van der Waals surface area contributed by atoms with Gasteiger partial charge in [0.1, 0.15) is 0 Å². The van der Waals surface area contributed by atoms with E-state index in [9.17, 15) is 9.90 Å². The summed E-state index contributed by atoms with van der Waals surface area (Å²) in [5, 5.41) is 12.9. The predicted octanol–water partition coefficient (Wildman–Crippen LogP) is 2.87. The smallest absolute Gasteiger partial charge is 0.223 e. The van der Waals surface area contributed by atoms with Crippen LogP contribution in [0.1, 0.15) is 65.7 Å². The summed E-state index contributed by atoms with van der Waals surface area (Å²) in [4.78, 5) is 12.1. The summed E-state index contributed by atoms with van der Waals surface area (Å²) in [5.74, 6) is 0.597. The van der Waals surface area contributed by atoms with Gasteiger partial charge in [0.15, 0.2) is 0 Å².